The Labute approximate surface area is 126 Å². The van der Waals surface area contributed by atoms with E-state index in [4.69, 9.17) is 11.6 Å². The molecule has 0 saturated heterocycles. The summed E-state index contributed by atoms with van der Waals surface area (Å²) in [5, 5.41) is 5.20. The maximum atomic E-state index is 12.2. The monoisotopic (exact) mass is 302 g/mol. The zero-order chi connectivity index (χ0) is 14.1. The van der Waals surface area contributed by atoms with Crippen LogP contribution in [-0.2, 0) is 0 Å². The summed E-state index contributed by atoms with van der Waals surface area (Å²) in [4.78, 5) is 13.2. The Kier molecular flexibility index (Phi) is 3.51. The molecule has 0 unspecified atom stereocenters. The molecule has 0 radical (unpaired) electrons. The lowest BCUT2D eigenvalue weighted by molar-refractivity contribution is 0.106. The SMILES string of the molecule is Cc1cccc2c1S/C(=N\Nc1ccccc1Cl)C2=O. The van der Waals surface area contributed by atoms with Crippen molar-refractivity contribution < 1.29 is 4.79 Å². The van der Waals surface area contributed by atoms with Crippen LogP contribution in [0.15, 0.2) is 52.5 Å². The number of fused-ring (bicyclic) bond motifs is 1. The van der Waals surface area contributed by atoms with Crippen molar-refractivity contribution in [2.24, 2.45) is 5.10 Å². The normalized spacial score (nSPS) is 15.5. The van der Waals surface area contributed by atoms with Gasteiger partial charge in [-0.25, -0.2) is 0 Å². The van der Waals surface area contributed by atoms with Crippen molar-refractivity contribution in [1.82, 2.24) is 0 Å². The summed E-state index contributed by atoms with van der Waals surface area (Å²) in [6.45, 7) is 1.99. The fraction of sp³-hybridized carbons (Fsp3) is 0.0667. The van der Waals surface area contributed by atoms with Gasteiger partial charge in [0.2, 0.25) is 5.78 Å². The average molecular weight is 303 g/mol. The maximum Gasteiger partial charge on any atom is 0.221 e. The highest BCUT2D eigenvalue weighted by Crippen LogP contribution is 2.36. The highest BCUT2D eigenvalue weighted by Gasteiger charge is 2.28. The topological polar surface area (TPSA) is 41.5 Å². The first-order chi connectivity index (χ1) is 9.66. The molecular formula is C15H11ClN2OS. The number of anilines is 1. The molecule has 1 aliphatic rings. The number of para-hydroxylation sites is 1. The van der Waals surface area contributed by atoms with Crippen molar-refractivity contribution >= 4 is 39.9 Å². The summed E-state index contributed by atoms with van der Waals surface area (Å²) in [6, 6.07) is 13.0. The largest absolute Gasteiger partial charge is 0.286 e. The molecule has 20 heavy (non-hydrogen) atoms. The molecular weight excluding hydrogens is 292 g/mol. The molecule has 0 spiro atoms. The van der Waals surface area contributed by atoms with Gasteiger partial charge in [-0.1, -0.05) is 47.6 Å². The number of nitrogens with one attached hydrogen (secondary N) is 1. The van der Waals surface area contributed by atoms with E-state index >= 15 is 0 Å². The zero-order valence-electron chi connectivity index (χ0n) is 10.7. The number of hydrogen-bond acceptors (Lipinski definition) is 4. The van der Waals surface area contributed by atoms with Crippen molar-refractivity contribution in [2.45, 2.75) is 11.8 Å². The van der Waals surface area contributed by atoms with Gasteiger partial charge >= 0.3 is 0 Å². The Morgan fingerprint density at radius 3 is 2.70 bits per heavy atom. The lowest BCUT2D eigenvalue weighted by Gasteiger charge is -2.02. The minimum atomic E-state index is -0.0479. The minimum Gasteiger partial charge on any atom is -0.286 e. The highest BCUT2D eigenvalue weighted by atomic mass is 35.5. The van der Waals surface area contributed by atoms with Gasteiger partial charge in [-0.15, -0.1) is 0 Å². The van der Waals surface area contributed by atoms with E-state index in [1.54, 1.807) is 6.07 Å². The van der Waals surface area contributed by atoms with Crippen LogP contribution in [-0.4, -0.2) is 10.8 Å². The van der Waals surface area contributed by atoms with E-state index in [1.165, 1.54) is 11.8 Å². The Bertz CT molecular complexity index is 728. The molecule has 1 N–H and O–H groups in total. The lowest BCUT2D eigenvalue weighted by atomic mass is 10.1. The molecule has 0 aromatic heterocycles. The van der Waals surface area contributed by atoms with E-state index in [0.717, 1.165) is 16.0 Å². The Morgan fingerprint density at radius 1 is 1.15 bits per heavy atom. The minimum absolute atomic E-state index is 0.0479. The fourth-order valence-corrected chi connectivity index (χ4v) is 3.13. The summed E-state index contributed by atoms with van der Waals surface area (Å²) in [5.74, 6) is -0.0479. The Balaban J connectivity index is 1.87. The number of aryl methyl sites for hydroxylation is 1. The van der Waals surface area contributed by atoms with Crippen LogP contribution >= 0.6 is 23.4 Å². The summed E-state index contributed by atoms with van der Waals surface area (Å²) in [6.07, 6.45) is 0. The molecule has 100 valence electrons. The number of carbonyl (C=O) groups is 1. The van der Waals surface area contributed by atoms with Gasteiger partial charge in [0.05, 0.1) is 10.7 Å². The number of nitrogens with zero attached hydrogens (tertiary/aromatic N) is 1. The van der Waals surface area contributed by atoms with Crippen LogP contribution in [0.3, 0.4) is 0 Å². The molecule has 0 amide bonds. The van der Waals surface area contributed by atoms with Crippen molar-refractivity contribution in [3.63, 3.8) is 0 Å². The molecule has 0 bridgehead atoms. The second kappa shape index (κ2) is 5.31. The van der Waals surface area contributed by atoms with Crippen LogP contribution in [0, 0.1) is 6.92 Å². The summed E-state index contributed by atoms with van der Waals surface area (Å²) in [7, 11) is 0. The van der Waals surface area contributed by atoms with Crippen molar-refractivity contribution in [3.05, 3.63) is 58.6 Å². The predicted octanol–water partition coefficient (Wildman–Crippen LogP) is 4.36. The first-order valence-electron chi connectivity index (χ1n) is 6.07. The quantitative estimate of drug-likeness (QED) is 0.838. The molecule has 2 aromatic carbocycles. The van der Waals surface area contributed by atoms with Crippen LogP contribution in [0.5, 0.6) is 0 Å². The van der Waals surface area contributed by atoms with Crippen LogP contribution < -0.4 is 5.43 Å². The van der Waals surface area contributed by atoms with E-state index in [0.29, 0.717) is 15.8 Å². The molecule has 5 heteroatoms. The molecule has 1 heterocycles. The van der Waals surface area contributed by atoms with Gasteiger partial charge in [0.25, 0.3) is 0 Å². The molecule has 3 rings (SSSR count). The second-order valence-electron chi connectivity index (χ2n) is 4.39. The molecule has 1 aliphatic heterocycles. The molecule has 0 saturated carbocycles. The predicted molar refractivity (Wildman–Crippen MR) is 83.9 cm³/mol. The molecule has 2 aromatic rings. The third kappa shape index (κ3) is 2.32. The van der Waals surface area contributed by atoms with E-state index in [-0.39, 0.29) is 5.78 Å². The average Bonchev–Trinajstić information content (AvgIpc) is 2.77. The number of ketones is 1. The van der Waals surface area contributed by atoms with E-state index < -0.39 is 0 Å². The van der Waals surface area contributed by atoms with Gasteiger partial charge in [0.15, 0.2) is 5.04 Å². The third-order valence-electron chi connectivity index (χ3n) is 3.00. The molecule has 0 atom stereocenters. The van der Waals surface area contributed by atoms with Crippen LogP contribution in [0.4, 0.5) is 5.69 Å². The third-order valence-corrected chi connectivity index (χ3v) is 4.55. The first kappa shape index (κ1) is 13.2. The van der Waals surface area contributed by atoms with Crippen LogP contribution in [0.2, 0.25) is 5.02 Å². The van der Waals surface area contributed by atoms with Gasteiger partial charge in [-0.05, 0) is 30.7 Å². The van der Waals surface area contributed by atoms with E-state index in [2.05, 4.69) is 10.5 Å². The molecule has 0 fully saturated rings. The van der Waals surface area contributed by atoms with Crippen LogP contribution in [0.25, 0.3) is 0 Å². The van der Waals surface area contributed by atoms with Gasteiger partial charge in [-0.3, -0.25) is 10.2 Å². The van der Waals surface area contributed by atoms with Gasteiger partial charge in [0.1, 0.15) is 0 Å². The molecule has 0 aliphatic carbocycles. The number of thioether (sulfide) groups is 1. The standard InChI is InChI=1S/C15H11ClN2OS/c1-9-5-4-6-10-13(19)15(20-14(9)10)18-17-12-8-3-2-7-11(12)16/h2-8,17H,1H3/b18-15-. The van der Waals surface area contributed by atoms with E-state index in [9.17, 15) is 4.79 Å². The first-order valence-corrected chi connectivity index (χ1v) is 7.26. The van der Waals surface area contributed by atoms with Crippen molar-refractivity contribution in [1.29, 1.82) is 0 Å². The van der Waals surface area contributed by atoms with Crippen molar-refractivity contribution in [2.75, 3.05) is 5.43 Å². The Morgan fingerprint density at radius 2 is 1.95 bits per heavy atom. The fourth-order valence-electron chi connectivity index (χ4n) is 1.96. The van der Waals surface area contributed by atoms with Crippen molar-refractivity contribution in [3.8, 4) is 0 Å². The summed E-state index contributed by atoms with van der Waals surface area (Å²) in [5.41, 5.74) is 5.34. The zero-order valence-corrected chi connectivity index (χ0v) is 12.3. The number of benzene rings is 2. The summed E-state index contributed by atoms with van der Waals surface area (Å²) < 4.78 is 0. The van der Waals surface area contributed by atoms with Crippen LogP contribution in [0.1, 0.15) is 15.9 Å². The number of hydrogen-bond donors (Lipinski definition) is 1. The summed E-state index contributed by atoms with van der Waals surface area (Å²) >= 11 is 7.43. The van der Waals surface area contributed by atoms with Gasteiger partial charge < -0.3 is 0 Å². The number of hydrazone groups is 1. The number of rotatable bonds is 2. The number of halogens is 1. The molecule has 3 nitrogen and oxygen atoms in total. The number of Topliss-reactive ketones (excluding diaryl/α,β-unsaturated/α-hetero) is 1. The Hall–Kier alpha value is -1.78. The second-order valence-corrected chi connectivity index (χ2v) is 5.80. The smallest absolute Gasteiger partial charge is 0.221 e. The lowest BCUT2D eigenvalue weighted by Crippen LogP contribution is -2.06. The van der Waals surface area contributed by atoms with Gasteiger partial charge in [0, 0.05) is 10.5 Å². The highest BCUT2D eigenvalue weighted by molar-refractivity contribution is 8.16. The number of carbonyl (C=O) groups excluding carboxylic acids is 1. The van der Waals surface area contributed by atoms with E-state index in [1.807, 2.05) is 43.3 Å². The maximum absolute atomic E-state index is 12.2. The van der Waals surface area contributed by atoms with Gasteiger partial charge in [-0.2, -0.15) is 5.10 Å².